The minimum Gasteiger partial charge on any atom is -0.496 e. The molecule has 6 heterocycles. The lowest BCUT2D eigenvalue weighted by molar-refractivity contribution is -0.228. The number of carbonyl (C=O) groups is 4. The molecule has 10 atom stereocenters. The molecule has 6 aliphatic rings. The molecule has 4 aromatic carbocycles. The standard InChI is InChI=1S/C46H56N4O10.C10H8O6S2/c1-7-42(55)22-28-23-45(40(53)58-5,36-30(14-18-48(24-28)25-42)29-12-9-10-13-33(29)47-36)32-20-31-34(21-35(32)57-4)50(26-51)38-44(31)16-19-49-17-11-15-43(8-2,37(44)49)39(60-27(3)52)46(38,56)41(54)59-6;11-17(12,13)9-5-1-3-7-8(9)4-2-6-10(7)18(14,15)16/h9-13,15,20-21,26,28,37-39,47,55-56H,7-8,14,16-19,22-25H2,1-6H3;1-6H,(H,11,12,13)(H,14,15,16)/t28-,37+,38-,39-,42+,43-,44-,45+,46+;/m1./s1. The number of rotatable bonds is 10. The number of nitrogens with one attached hydrogen (secondary N) is 1. The molecule has 1 spiro atoms. The Morgan fingerprint density at radius 1 is 0.808 bits per heavy atom. The lowest BCUT2D eigenvalue weighted by Crippen LogP contribution is -2.81. The summed E-state index contributed by atoms with van der Waals surface area (Å²) in [5.41, 5.74) is -3.15. The third-order valence-electron chi connectivity index (χ3n) is 17.9. The van der Waals surface area contributed by atoms with Gasteiger partial charge in [0.2, 0.25) is 12.0 Å². The first-order chi connectivity index (χ1) is 37.0. The van der Waals surface area contributed by atoms with Crippen molar-refractivity contribution in [3.63, 3.8) is 0 Å². The Bertz CT molecular complexity index is 3480. The normalized spacial score (nSPS) is 31.0. The van der Waals surface area contributed by atoms with Crippen molar-refractivity contribution in [3.8, 4) is 5.75 Å². The minimum atomic E-state index is -4.47. The van der Waals surface area contributed by atoms with Gasteiger partial charge in [0.25, 0.3) is 20.2 Å². The molecular weight excluding hydrogens is 1050 g/mol. The van der Waals surface area contributed by atoms with Crippen molar-refractivity contribution in [3.05, 3.63) is 107 Å². The number of H-pyrrole nitrogens is 1. The second-order valence-electron chi connectivity index (χ2n) is 21.7. The van der Waals surface area contributed by atoms with Crippen molar-refractivity contribution < 1.29 is 74.3 Å². The highest BCUT2D eigenvalue weighted by molar-refractivity contribution is 7.86. The fraction of sp³-hybridized carbons (Fsp3) is 0.464. The van der Waals surface area contributed by atoms with Crippen LogP contribution >= 0.6 is 0 Å². The van der Waals surface area contributed by atoms with E-state index in [-0.39, 0.29) is 23.1 Å². The maximum atomic E-state index is 15.3. The molecule has 3 fully saturated rings. The number of aliphatic hydroxyl groups is 2. The van der Waals surface area contributed by atoms with Crippen molar-refractivity contribution in [2.75, 3.05) is 59.0 Å². The topological polar surface area (TPSA) is 280 Å². The van der Waals surface area contributed by atoms with Crippen molar-refractivity contribution in [2.45, 2.75) is 109 Å². The minimum absolute atomic E-state index is 0.0233. The van der Waals surface area contributed by atoms with Gasteiger partial charge in [-0.2, -0.15) is 16.8 Å². The van der Waals surface area contributed by atoms with E-state index in [1.54, 1.807) is 6.07 Å². The molecule has 5 aromatic rings. The second-order valence-corrected chi connectivity index (χ2v) is 24.4. The highest BCUT2D eigenvalue weighted by atomic mass is 32.2. The maximum Gasteiger partial charge on any atom is 0.344 e. The van der Waals surface area contributed by atoms with E-state index in [9.17, 15) is 41.4 Å². The van der Waals surface area contributed by atoms with E-state index in [0.717, 1.165) is 28.6 Å². The summed E-state index contributed by atoms with van der Waals surface area (Å²) in [5.74, 6) is -2.06. The zero-order valence-corrected chi connectivity index (χ0v) is 45.7. The van der Waals surface area contributed by atoms with Crippen molar-refractivity contribution >= 4 is 71.9 Å². The van der Waals surface area contributed by atoms with Crippen LogP contribution < -0.4 is 9.64 Å². The third kappa shape index (κ3) is 8.10. The Balaban J connectivity index is 0.000000324. The maximum absolute atomic E-state index is 15.3. The molecule has 0 unspecified atom stereocenters. The number of hydrogen-bond donors (Lipinski definition) is 5. The van der Waals surface area contributed by atoms with E-state index in [0.29, 0.717) is 99.5 Å². The van der Waals surface area contributed by atoms with Gasteiger partial charge in [0, 0.05) is 89.0 Å². The van der Waals surface area contributed by atoms with Gasteiger partial charge in [-0.1, -0.05) is 68.5 Å². The summed E-state index contributed by atoms with van der Waals surface area (Å²) in [6.45, 7) is 8.16. The Kier molecular flexibility index (Phi) is 13.8. The van der Waals surface area contributed by atoms with Crippen LogP contribution in [-0.4, -0.2) is 159 Å². The zero-order valence-electron chi connectivity index (χ0n) is 44.1. The first-order valence-electron chi connectivity index (χ1n) is 25.9. The Labute approximate surface area is 451 Å². The second kappa shape index (κ2) is 19.5. The number of ether oxygens (including phenoxy) is 4. The number of carbonyl (C=O) groups excluding carboxylic acids is 4. The Hall–Kier alpha value is -6.24. The average Bonchev–Trinajstić information content (AvgIpc) is 4.23. The van der Waals surface area contributed by atoms with E-state index in [2.05, 4.69) is 20.9 Å². The van der Waals surface area contributed by atoms with Crippen LogP contribution in [0.15, 0.2) is 94.7 Å². The number of para-hydroxylation sites is 1. The van der Waals surface area contributed by atoms with Crippen LogP contribution in [0.2, 0.25) is 0 Å². The molecule has 0 radical (unpaired) electrons. The summed E-state index contributed by atoms with van der Waals surface area (Å²) in [5, 5.41) is 26.3. The van der Waals surface area contributed by atoms with Gasteiger partial charge in [-0.05, 0) is 86.4 Å². The van der Waals surface area contributed by atoms with Crippen LogP contribution in [0.4, 0.5) is 5.69 Å². The predicted octanol–water partition coefficient (Wildman–Crippen LogP) is 4.85. The van der Waals surface area contributed by atoms with Crippen LogP contribution in [0.3, 0.4) is 0 Å². The summed E-state index contributed by atoms with van der Waals surface area (Å²) in [6, 6.07) is 17.5. The molecule has 1 aromatic heterocycles. The van der Waals surface area contributed by atoms with Gasteiger partial charge in [-0.3, -0.25) is 33.3 Å². The molecule has 20 nitrogen and oxygen atoms in total. The quantitative estimate of drug-likeness (QED) is 0.0411. The van der Waals surface area contributed by atoms with Gasteiger partial charge in [0.05, 0.1) is 38.7 Å². The number of fused-ring (bicyclic) bond motifs is 7. The molecule has 22 heteroatoms. The van der Waals surface area contributed by atoms with Crippen LogP contribution in [0.5, 0.6) is 5.75 Å². The van der Waals surface area contributed by atoms with Gasteiger partial charge >= 0.3 is 17.9 Å². The summed E-state index contributed by atoms with van der Waals surface area (Å²) in [6.07, 6.45) is 5.83. The van der Waals surface area contributed by atoms with Gasteiger partial charge in [-0.15, -0.1) is 0 Å². The van der Waals surface area contributed by atoms with Gasteiger partial charge in [0.15, 0.2) is 6.10 Å². The van der Waals surface area contributed by atoms with Crippen LogP contribution in [0.25, 0.3) is 21.7 Å². The van der Waals surface area contributed by atoms with E-state index >= 15 is 4.79 Å². The molecule has 11 rings (SSSR count). The van der Waals surface area contributed by atoms with Crippen molar-refractivity contribution in [2.24, 2.45) is 11.3 Å². The SMILES string of the molecule is CC[C@]1(O)C[C@H]2C[N@](CCc3c([nH]c4ccccc34)[C@@](C(=O)OC)(c3cc4c(cc3OC)N(C=O)[C@H]3[C@@](O)(C(=O)OC)[C@H](OC(C)=O)[C@]5(CC)C=CCN6CC[C@]43[C@@H]65)C2)C1.O=S(=O)(O)c1cccc2c(S(=O)(=O)O)cccc12. The molecule has 2 saturated heterocycles. The summed E-state index contributed by atoms with van der Waals surface area (Å²) in [7, 11) is -4.85. The van der Waals surface area contributed by atoms with Crippen LogP contribution in [0, 0.1) is 11.3 Å². The van der Waals surface area contributed by atoms with Gasteiger partial charge < -0.3 is 39.0 Å². The predicted molar refractivity (Wildman–Crippen MR) is 284 cm³/mol. The number of aromatic amines is 1. The number of piperidine rings is 1. The first-order valence-corrected chi connectivity index (χ1v) is 28.8. The number of nitrogens with zero attached hydrogens (tertiary/aromatic N) is 3. The fourth-order valence-corrected chi connectivity index (χ4v) is 16.5. The molecule has 2 bridgehead atoms. The number of esters is 3. The molecule has 5 N–H and O–H groups in total. The van der Waals surface area contributed by atoms with Crippen LogP contribution in [-0.2, 0) is 70.9 Å². The summed E-state index contributed by atoms with van der Waals surface area (Å²) in [4.78, 5) is 65.3. The average molecular weight is 1110 g/mol. The van der Waals surface area contributed by atoms with E-state index in [4.69, 9.17) is 28.1 Å². The zero-order chi connectivity index (χ0) is 56.1. The largest absolute Gasteiger partial charge is 0.496 e. The number of benzene rings is 4. The van der Waals surface area contributed by atoms with Gasteiger partial charge in [-0.25, -0.2) is 4.79 Å². The lowest BCUT2D eigenvalue weighted by atomic mass is 9.47. The smallest absolute Gasteiger partial charge is 0.344 e. The number of amides is 1. The van der Waals surface area contributed by atoms with E-state index in [1.807, 2.05) is 50.3 Å². The molecular formula is C56H64N4O16S2. The lowest BCUT2D eigenvalue weighted by Gasteiger charge is -2.63. The molecule has 416 valence electrons. The number of hydrogen-bond acceptors (Lipinski definition) is 16. The van der Waals surface area contributed by atoms with Crippen molar-refractivity contribution in [1.82, 2.24) is 14.8 Å². The number of anilines is 1. The number of aromatic nitrogens is 1. The highest BCUT2D eigenvalue weighted by Gasteiger charge is 2.81. The first kappa shape index (κ1) is 55.1. The summed E-state index contributed by atoms with van der Waals surface area (Å²) < 4.78 is 86.4. The summed E-state index contributed by atoms with van der Waals surface area (Å²) >= 11 is 0. The van der Waals surface area contributed by atoms with Crippen LogP contribution in [0.1, 0.15) is 75.3 Å². The Morgan fingerprint density at radius 2 is 1.46 bits per heavy atom. The molecule has 78 heavy (non-hydrogen) atoms. The fourth-order valence-electron chi connectivity index (χ4n) is 15.1. The van der Waals surface area contributed by atoms with E-state index in [1.165, 1.54) is 57.4 Å². The Morgan fingerprint density at radius 3 is 2.05 bits per heavy atom. The highest BCUT2D eigenvalue weighted by Crippen LogP contribution is 2.68. The van der Waals surface area contributed by atoms with E-state index < -0.39 is 93.6 Å². The molecule has 1 saturated carbocycles. The van der Waals surface area contributed by atoms with Crippen molar-refractivity contribution in [1.29, 1.82) is 0 Å². The third-order valence-corrected chi connectivity index (χ3v) is 19.7. The number of methoxy groups -OCH3 is 3. The monoisotopic (exact) mass is 1110 g/mol. The molecule has 1 aliphatic carbocycles. The molecule has 1 amide bonds. The molecule has 5 aliphatic heterocycles. The van der Waals surface area contributed by atoms with Gasteiger partial charge in [0.1, 0.15) is 21.0 Å².